The lowest BCUT2D eigenvalue weighted by Gasteiger charge is -1.99. The number of methoxy groups -OCH3 is 1. The van der Waals surface area contributed by atoms with Crippen molar-refractivity contribution in [2.45, 2.75) is 6.42 Å². The Labute approximate surface area is 113 Å². The van der Waals surface area contributed by atoms with Crippen LogP contribution in [0.25, 0.3) is 6.08 Å². The Morgan fingerprint density at radius 3 is 2.37 bits per heavy atom. The molecule has 19 heavy (non-hydrogen) atoms. The van der Waals surface area contributed by atoms with Crippen molar-refractivity contribution in [2.75, 3.05) is 7.11 Å². The predicted octanol–water partition coefficient (Wildman–Crippen LogP) is 3.98. The fourth-order valence-electron chi connectivity index (χ4n) is 1.76. The number of ether oxygens (including phenoxy) is 1. The number of ketones is 1. The second kappa shape index (κ2) is 6.55. The molecule has 0 bridgehead atoms. The smallest absolute Gasteiger partial charge is 0.166 e. The maximum absolute atomic E-state index is 11.9. The van der Waals surface area contributed by atoms with E-state index in [-0.39, 0.29) is 5.78 Å². The number of hydrogen-bond donors (Lipinski definition) is 0. The van der Waals surface area contributed by atoms with Crippen LogP contribution in [0.3, 0.4) is 0 Å². The molecule has 0 amide bonds. The maximum atomic E-state index is 11.9. The van der Waals surface area contributed by atoms with E-state index in [0.29, 0.717) is 6.42 Å². The molecule has 2 aromatic rings. The molecule has 96 valence electrons. The number of allylic oxidation sites excluding steroid dienone is 1. The van der Waals surface area contributed by atoms with Gasteiger partial charge in [-0.2, -0.15) is 0 Å². The van der Waals surface area contributed by atoms with Gasteiger partial charge >= 0.3 is 0 Å². The van der Waals surface area contributed by atoms with Gasteiger partial charge in [-0.25, -0.2) is 0 Å². The van der Waals surface area contributed by atoms with Crippen LogP contribution in [0, 0.1) is 0 Å². The summed E-state index contributed by atoms with van der Waals surface area (Å²) in [5, 5.41) is 0. The Balaban J connectivity index is 1.94. The Hall–Kier alpha value is -2.35. The van der Waals surface area contributed by atoms with Crippen LogP contribution in [0.2, 0.25) is 0 Å². The summed E-state index contributed by atoms with van der Waals surface area (Å²) in [4.78, 5) is 11.9. The average Bonchev–Trinajstić information content (AvgIpc) is 2.49. The Kier molecular flexibility index (Phi) is 4.51. The van der Waals surface area contributed by atoms with Crippen molar-refractivity contribution in [1.82, 2.24) is 0 Å². The molecule has 0 saturated carbocycles. The zero-order valence-electron chi connectivity index (χ0n) is 10.9. The van der Waals surface area contributed by atoms with Crippen LogP contribution in [0.1, 0.15) is 22.3 Å². The lowest BCUT2D eigenvalue weighted by atomic mass is 10.1. The maximum Gasteiger partial charge on any atom is 0.166 e. The molecule has 0 spiro atoms. The van der Waals surface area contributed by atoms with Gasteiger partial charge in [0, 0.05) is 12.0 Å². The SMILES string of the molecule is COc1ccc(C=CCC(=O)c2ccccc2)cc1. The zero-order chi connectivity index (χ0) is 13.5. The van der Waals surface area contributed by atoms with Gasteiger partial charge in [-0.15, -0.1) is 0 Å². The summed E-state index contributed by atoms with van der Waals surface area (Å²) < 4.78 is 5.09. The highest BCUT2D eigenvalue weighted by Crippen LogP contribution is 2.13. The van der Waals surface area contributed by atoms with Crippen molar-refractivity contribution in [3.05, 3.63) is 71.8 Å². The van der Waals surface area contributed by atoms with E-state index in [0.717, 1.165) is 16.9 Å². The molecular formula is C17H16O2. The zero-order valence-corrected chi connectivity index (χ0v) is 10.9. The molecule has 2 heteroatoms. The molecule has 2 rings (SSSR count). The van der Waals surface area contributed by atoms with E-state index in [1.165, 1.54) is 0 Å². The van der Waals surface area contributed by atoms with Gasteiger partial charge in [0.25, 0.3) is 0 Å². The third-order valence-electron chi connectivity index (χ3n) is 2.83. The molecule has 0 aliphatic carbocycles. The molecule has 0 radical (unpaired) electrons. The second-order valence-corrected chi connectivity index (χ2v) is 4.17. The fourth-order valence-corrected chi connectivity index (χ4v) is 1.76. The molecule has 0 aromatic heterocycles. The molecule has 0 heterocycles. The lowest BCUT2D eigenvalue weighted by Crippen LogP contribution is -1.95. The van der Waals surface area contributed by atoms with Gasteiger partial charge in [0.1, 0.15) is 5.75 Å². The summed E-state index contributed by atoms with van der Waals surface area (Å²) in [6.45, 7) is 0. The first kappa shape index (κ1) is 13.1. The van der Waals surface area contributed by atoms with Gasteiger partial charge in [0.15, 0.2) is 5.78 Å². The van der Waals surface area contributed by atoms with Gasteiger partial charge in [-0.05, 0) is 17.7 Å². The highest BCUT2D eigenvalue weighted by molar-refractivity contribution is 5.97. The summed E-state index contributed by atoms with van der Waals surface area (Å²) >= 11 is 0. The van der Waals surface area contributed by atoms with Crippen molar-refractivity contribution >= 4 is 11.9 Å². The second-order valence-electron chi connectivity index (χ2n) is 4.17. The molecule has 0 fully saturated rings. The average molecular weight is 252 g/mol. The van der Waals surface area contributed by atoms with E-state index in [2.05, 4.69) is 0 Å². The largest absolute Gasteiger partial charge is 0.497 e. The highest BCUT2D eigenvalue weighted by Gasteiger charge is 2.01. The molecule has 0 aliphatic heterocycles. The fraction of sp³-hybridized carbons (Fsp3) is 0.118. The molecule has 0 atom stereocenters. The van der Waals surface area contributed by atoms with Crippen LogP contribution in [-0.2, 0) is 0 Å². The van der Waals surface area contributed by atoms with Crippen molar-refractivity contribution in [1.29, 1.82) is 0 Å². The van der Waals surface area contributed by atoms with E-state index in [1.807, 2.05) is 66.7 Å². The van der Waals surface area contributed by atoms with Gasteiger partial charge in [-0.1, -0.05) is 54.6 Å². The first-order valence-corrected chi connectivity index (χ1v) is 6.18. The molecule has 0 saturated heterocycles. The van der Waals surface area contributed by atoms with Crippen LogP contribution < -0.4 is 4.74 Å². The van der Waals surface area contributed by atoms with Crippen LogP contribution in [0.15, 0.2) is 60.7 Å². The van der Waals surface area contributed by atoms with Crippen LogP contribution >= 0.6 is 0 Å². The minimum atomic E-state index is 0.130. The Bertz CT molecular complexity index is 554. The minimum absolute atomic E-state index is 0.130. The van der Waals surface area contributed by atoms with Crippen molar-refractivity contribution < 1.29 is 9.53 Å². The first-order valence-electron chi connectivity index (χ1n) is 6.18. The highest BCUT2D eigenvalue weighted by atomic mass is 16.5. The van der Waals surface area contributed by atoms with E-state index in [9.17, 15) is 4.79 Å². The molecular weight excluding hydrogens is 236 g/mol. The summed E-state index contributed by atoms with van der Waals surface area (Å²) in [6, 6.07) is 17.1. The van der Waals surface area contributed by atoms with Crippen LogP contribution in [-0.4, -0.2) is 12.9 Å². The molecule has 2 nitrogen and oxygen atoms in total. The number of benzene rings is 2. The number of hydrogen-bond acceptors (Lipinski definition) is 2. The van der Waals surface area contributed by atoms with E-state index >= 15 is 0 Å². The monoisotopic (exact) mass is 252 g/mol. The van der Waals surface area contributed by atoms with Gasteiger partial charge in [0.05, 0.1) is 7.11 Å². The van der Waals surface area contributed by atoms with Crippen LogP contribution in [0.4, 0.5) is 0 Å². The Morgan fingerprint density at radius 1 is 1.05 bits per heavy atom. The molecule has 0 N–H and O–H groups in total. The van der Waals surface area contributed by atoms with Gasteiger partial charge in [0.2, 0.25) is 0 Å². The van der Waals surface area contributed by atoms with Crippen molar-refractivity contribution in [3.8, 4) is 5.75 Å². The molecule has 0 unspecified atom stereocenters. The predicted molar refractivity (Wildman–Crippen MR) is 77.4 cm³/mol. The summed E-state index contributed by atoms with van der Waals surface area (Å²) in [6.07, 6.45) is 4.24. The van der Waals surface area contributed by atoms with Gasteiger partial charge in [-0.3, -0.25) is 4.79 Å². The van der Waals surface area contributed by atoms with Crippen molar-refractivity contribution in [2.24, 2.45) is 0 Å². The third-order valence-corrected chi connectivity index (χ3v) is 2.83. The number of Topliss-reactive ketones (excluding diaryl/α,β-unsaturated/α-hetero) is 1. The van der Waals surface area contributed by atoms with E-state index in [4.69, 9.17) is 4.74 Å². The van der Waals surface area contributed by atoms with E-state index in [1.54, 1.807) is 7.11 Å². The number of rotatable bonds is 5. The minimum Gasteiger partial charge on any atom is -0.497 e. The topological polar surface area (TPSA) is 26.3 Å². The summed E-state index contributed by atoms with van der Waals surface area (Å²) in [5.41, 5.74) is 1.81. The van der Waals surface area contributed by atoms with Crippen LogP contribution in [0.5, 0.6) is 5.75 Å². The molecule has 0 aliphatic rings. The first-order chi connectivity index (χ1) is 9.29. The third kappa shape index (κ3) is 3.81. The van der Waals surface area contributed by atoms with Crippen molar-refractivity contribution in [3.63, 3.8) is 0 Å². The quantitative estimate of drug-likeness (QED) is 0.752. The number of carbonyl (C=O) groups is 1. The normalized spacial score (nSPS) is 10.6. The Morgan fingerprint density at radius 2 is 1.74 bits per heavy atom. The standard InChI is InChI=1S/C17H16O2/c1-19-16-12-10-14(11-13-16)6-5-9-17(18)15-7-3-2-4-8-15/h2-8,10-13H,9H2,1H3. The van der Waals surface area contributed by atoms with E-state index < -0.39 is 0 Å². The lowest BCUT2D eigenvalue weighted by molar-refractivity contribution is 0.0996. The van der Waals surface area contributed by atoms with Gasteiger partial charge < -0.3 is 4.74 Å². The summed E-state index contributed by atoms with van der Waals surface area (Å²) in [7, 11) is 1.64. The molecule has 2 aromatic carbocycles. The summed E-state index contributed by atoms with van der Waals surface area (Å²) in [5.74, 6) is 0.961. The number of carbonyl (C=O) groups excluding carboxylic acids is 1.